The number of aliphatic hydroxyl groups is 1. The number of rotatable bonds is 4. The Kier molecular flexibility index (Phi) is 5.34. The van der Waals surface area contributed by atoms with Crippen LogP contribution < -0.4 is 10.2 Å². The topological polar surface area (TPSA) is 78.4 Å². The molecule has 0 spiro atoms. The Bertz CT molecular complexity index is 479. The SMILES string of the molecule is CC(C)(C)C(O)CNC(=O)C1CCN(c2cnccn2)CC1. The van der Waals surface area contributed by atoms with Crippen molar-refractivity contribution in [2.24, 2.45) is 11.3 Å². The average Bonchev–Trinajstić information content (AvgIpc) is 2.52. The standard InChI is InChI=1S/C16H26N4O2/c1-16(2,3)13(21)10-19-15(22)12-4-8-20(9-5-12)14-11-17-6-7-18-14/h6-7,11-13,21H,4-5,8-10H2,1-3H3,(H,19,22). The first kappa shape index (κ1) is 16.7. The minimum Gasteiger partial charge on any atom is -0.391 e. The Balaban J connectivity index is 1.78. The van der Waals surface area contributed by atoms with Crippen LogP contribution in [0.15, 0.2) is 18.6 Å². The summed E-state index contributed by atoms with van der Waals surface area (Å²) in [7, 11) is 0. The Morgan fingerprint density at radius 1 is 1.41 bits per heavy atom. The molecule has 122 valence electrons. The van der Waals surface area contributed by atoms with Crippen LogP contribution in [-0.4, -0.2) is 46.7 Å². The van der Waals surface area contributed by atoms with Crippen molar-refractivity contribution in [2.75, 3.05) is 24.5 Å². The van der Waals surface area contributed by atoms with Gasteiger partial charge in [-0.15, -0.1) is 0 Å². The molecule has 0 bridgehead atoms. The van der Waals surface area contributed by atoms with E-state index >= 15 is 0 Å². The molecule has 0 aromatic carbocycles. The first-order valence-corrected chi connectivity index (χ1v) is 7.84. The molecular weight excluding hydrogens is 280 g/mol. The molecule has 1 aliphatic rings. The van der Waals surface area contributed by atoms with E-state index in [-0.39, 0.29) is 17.2 Å². The largest absolute Gasteiger partial charge is 0.391 e. The van der Waals surface area contributed by atoms with Crippen LogP contribution in [0, 0.1) is 11.3 Å². The van der Waals surface area contributed by atoms with E-state index in [1.807, 2.05) is 20.8 Å². The predicted molar refractivity (Wildman–Crippen MR) is 85.4 cm³/mol. The Morgan fingerprint density at radius 3 is 2.64 bits per heavy atom. The third-order valence-corrected chi connectivity index (χ3v) is 4.21. The lowest BCUT2D eigenvalue weighted by atomic mass is 9.89. The number of nitrogens with one attached hydrogen (secondary N) is 1. The number of hydrogen-bond donors (Lipinski definition) is 2. The molecule has 1 fully saturated rings. The van der Waals surface area contributed by atoms with Crippen molar-refractivity contribution < 1.29 is 9.90 Å². The van der Waals surface area contributed by atoms with Crippen LogP contribution in [0.2, 0.25) is 0 Å². The van der Waals surface area contributed by atoms with Crippen molar-refractivity contribution in [3.63, 3.8) is 0 Å². The summed E-state index contributed by atoms with van der Waals surface area (Å²) in [6.45, 7) is 7.81. The summed E-state index contributed by atoms with van der Waals surface area (Å²) in [5, 5.41) is 12.9. The van der Waals surface area contributed by atoms with Gasteiger partial charge in [-0.25, -0.2) is 4.98 Å². The molecule has 2 heterocycles. The maximum atomic E-state index is 12.2. The second-order valence-electron chi connectivity index (χ2n) is 6.95. The number of carbonyl (C=O) groups excluding carboxylic acids is 1. The van der Waals surface area contributed by atoms with Gasteiger partial charge in [-0.3, -0.25) is 9.78 Å². The van der Waals surface area contributed by atoms with Gasteiger partial charge < -0.3 is 15.3 Å². The molecule has 1 aliphatic heterocycles. The molecule has 0 aliphatic carbocycles. The second-order valence-corrected chi connectivity index (χ2v) is 6.95. The summed E-state index contributed by atoms with van der Waals surface area (Å²) >= 11 is 0. The predicted octanol–water partition coefficient (Wildman–Crippen LogP) is 1.22. The van der Waals surface area contributed by atoms with Crippen molar-refractivity contribution >= 4 is 11.7 Å². The summed E-state index contributed by atoms with van der Waals surface area (Å²) in [6, 6.07) is 0. The van der Waals surface area contributed by atoms with Gasteiger partial charge in [-0.05, 0) is 18.3 Å². The van der Waals surface area contributed by atoms with Gasteiger partial charge in [-0.1, -0.05) is 20.8 Å². The summed E-state index contributed by atoms with van der Waals surface area (Å²) < 4.78 is 0. The Labute approximate surface area is 132 Å². The zero-order valence-electron chi connectivity index (χ0n) is 13.6. The van der Waals surface area contributed by atoms with Gasteiger partial charge in [0, 0.05) is 37.9 Å². The van der Waals surface area contributed by atoms with Crippen LogP contribution in [0.4, 0.5) is 5.82 Å². The number of aromatic nitrogens is 2. The fraction of sp³-hybridized carbons (Fsp3) is 0.688. The molecule has 2 N–H and O–H groups in total. The lowest BCUT2D eigenvalue weighted by molar-refractivity contribution is -0.126. The first-order chi connectivity index (χ1) is 10.4. The van der Waals surface area contributed by atoms with Crippen LogP contribution in [0.25, 0.3) is 0 Å². The van der Waals surface area contributed by atoms with E-state index in [9.17, 15) is 9.90 Å². The number of carbonyl (C=O) groups is 1. The van der Waals surface area contributed by atoms with Gasteiger partial charge in [0.2, 0.25) is 5.91 Å². The lowest BCUT2D eigenvalue weighted by Gasteiger charge is -2.32. The smallest absolute Gasteiger partial charge is 0.223 e. The molecule has 6 heteroatoms. The summed E-state index contributed by atoms with van der Waals surface area (Å²) in [4.78, 5) is 22.7. The highest BCUT2D eigenvalue weighted by Crippen LogP contribution is 2.22. The van der Waals surface area contributed by atoms with Crippen LogP contribution >= 0.6 is 0 Å². The normalized spacial score (nSPS) is 18.1. The van der Waals surface area contributed by atoms with E-state index in [0.29, 0.717) is 6.54 Å². The van der Waals surface area contributed by atoms with E-state index in [2.05, 4.69) is 20.2 Å². The summed E-state index contributed by atoms with van der Waals surface area (Å²) in [5.74, 6) is 0.923. The summed E-state index contributed by atoms with van der Waals surface area (Å²) in [5.41, 5.74) is -0.220. The van der Waals surface area contributed by atoms with Crippen LogP contribution in [0.1, 0.15) is 33.6 Å². The zero-order chi connectivity index (χ0) is 16.2. The number of amides is 1. The molecule has 0 radical (unpaired) electrons. The molecule has 1 amide bonds. The number of nitrogens with zero attached hydrogens (tertiary/aromatic N) is 3. The summed E-state index contributed by atoms with van der Waals surface area (Å²) in [6.07, 6.45) is 6.16. The quantitative estimate of drug-likeness (QED) is 0.874. The third kappa shape index (κ3) is 4.40. The van der Waals surface area contributed by atoms with Gasteiger partial charge in [-0.2, -0.15) is 0 Å². The maximum Gasteiger partial charge on any atom is 0.223 e. The van der Waals surface area contributed by atoms with Crippen LogP contribution in [-0.2, 0) is 4.79 Å². The van der Waals surface area contributed by atoms with Gasteiger partial charge in [0.05, 0.1) is 12.3 Å². The van der Waals surface area contributed by atoms with E-state index in [0.717, 1.165) is 31.7 Å². The molecule has 1 atom stereocenters. The van der Waals surface area contributed by atoms with Crippen molar-refractivity contribution in [1.82, 2.24) is 15.3 Å². The van der Waals surface area contributed by atoms with Crippen molar-refractivity contribution in [2.45, 2.75) is 39.7 Å². The fourth-order valence-corrected chi connectivity index (χ4v) is 2.47. The molecule has 1 aromatic rings. The number of aliphatic hydroxyl groups excluding tert-OH is 1. The molecule has 2 rings (SSSR count). The fourth-order valence-electron chi connectivity index (χ4n) is 2.47. The monoisotopic (exact) mass is 306 g/mol. The van der Waals surface area contributed by atoms with E-state index in [4.69, 9.17) is 0 Å². The van der Waals surface area contributed by atoms with Crippen LogP contribution in [0.5, 0.6) is 0 Å². The van der Waals surface area contributed by atoms with Gasteiger partial charge in [0.15, 0.2) is 0 Å². The molecule has 6 nitrogen and oxygen atoms in total. The number of anilines is 1. The molecule has 22 heavy (non-hydrogen) atoms. The van der Waals surface area contributed by atoms with Gasteiger partial charge >= 0.3 is 0 Å². The number of piperidine rings is 1. The van der Waals surface area contributed by atoms with Gasteiger partial charge in [0.1, 0.15) is 5.82 Å². The highest BCUT2D eigenvalue weighted by Gasteiger charge is 2.27. The first-order valence-electron chi connectivity index (χ1n) is 7.84. The zero-order valence-corrected chi connectivity index (χ0v) is 13.6. The van der Waals surface area contributed by atoms with Gasteiger partial charge in [0.25, 0.3) is 0 Å². The molecule has 0 saturated carbocycles. The average molecular weight is 306 g/mol. The van der Waals surface area contributed by atoms with Crippen LogP contribution in [0.3, 0.4) is 0 Å². The molecular formula is C16H26N4O2. The highest BCUT2D eigenvalue weighted by atomic mass is 16.3. The Hall–Kier alpha value is -1.69. The van der Waals surface area contributed by atoms with Crippen molar-refractivity contribution in [3.8, 4) is 0 Å². The molecule has 1 aromatic heterocycles. The van der Waals surface area contributed by atoms with E-state index in [1.54, 1.807) is 18.6 Å². The molecule has 1 saturated heterocycles. The minimum atomic E-state index is -0.531. The second kappa shape index (κ2) is 7.05. The van der Waals surface area contributed by atoms with E-state index < -0.39 is 6.10 Å². The molecule has 1 unspecified atom stereocenters. The third-order valence-electron chi connectivity index (χ3n) is 4.21. The minimum absolute atomic E-state index is 0.0140. The van der Waals surface area contributed by atoms with E-state index in [1.165, 1.54) is 0 Å². The maximum absolute atomic E-state index is 12.2. The van der Waals surface area contributed by atoms with Crippen molar-refractivity contribution in [3.05, 3.63) is 18.6 Å². The number of hydrogen-bond acceptors (Lipinski definition) is 5. The van der Waals surface area contributed by atoms with Crippen molar-refractivity contribution in [1.29, 1.82) is 0 Å². The lowest BCUT2D eigenvalue weighted by Crippen LogP contribution is -2.44. The highest BCUT2D eigenvalue weighted by molar-refractivity contribution is 5.79. The Morgan fingerprint density at radius 2 is 2.09 bits per heavy atom.